The van der Waals surface area contributed by atoms with Crippen LogP contribution in [0.4, 0.5) is 0 Å². The van der Waals surface area contributed by atoms with Gasteiger partial charge in [0.15, 0.2) is 0 Å². The molecule has 0 aliphatic rings. The van der Waals surface area contributed by atoms with E-state index in [2.05, 4.69) is 0 Å². The summed E-state index contributed by atoms with van der Waals surface area (Å²) >= 11 is 0. The van der Waals surface area contributed by atoms with Gasteiger partial charge in [0, 0.05) is 37.2 Å². The molecule has 0 saturated heterocycles. The van der Waals surface area contributed by atoms with Crippen molar-refractivity contribution in [3.05, 3.63) is 10.1 Å². The van der Waals surface area contributed by atoms with E-state index in [9.17, 15) is 10.1 Å². The minimum Gasteiger partial charge on any atom is -0.374 e. The highest BCUT2D eigenvalue weighted by molar-refractivity contribution is 6.60. The average Bonchev–Trinajstić information content (AvgIpc) is 2.18. The first-order valence-electron chi connectivity index (χ1n) is 5.63. The van der Waals surface area contributed by atoms with Gasteiger partial charge in [0.1, 0.15) is 0 Å². The maximum Gasteiger partial charge on any atom is 0.501 e. The Morgan fingerprint density at radius 2 is 1.47 bits per heavy atom. The second-order valence-corrected chi connectivity index (χ2v) is 5.87. The molecule has 0 amide bonds. The molecule has 0 radical (unpaired) electrons. The van der Waals surface area contributed by atoms with E-state index in [-0.39, 0.29) is 23.9 Å². The van der Waals surface area contributed by atoms with Gasteiger partial charge < -0.3 is 13.3 Å². The van der Waals surface area contributed by atoms with Crippen molar-refractivity contribution < 1.29 is 18.2 Å². The quantitative estimate of drug-likeness (QED) is 0.350. The fourth-order valence-electron chi connectivity index (χ4n) is 1.43. The normalized spacial score (nSPS) is 11.0. The lowest BCUT2D eigenvalue weighted by Crippen LogP contribution is -2.46. The van der Waals surface area contributed by atoms with Crippen LogP contribution in [0.15, 0.2) is 0 Å². The van der Waals surface area contributed by atoms with Gasteiger partial charge in [-0.3, -0.25) is 10.1 Å². The highest BCUT2D eigenvalue weighted by Gasteiger charge is 2.40. The summed E-state index contributed by atoms with van der Waals surface area (Å²) in [6.45, 7) is 7.05. The molecule has 0 spiro atoms. The van der Waals surface area contributed by atoms with Gasteiger partial charge in [-0.05, 0) is 20.8 Å². The summed E-state index contributed by atoms with van der Waals surface area (Å²) in [5.74, 6) is 0. The Morgan fingerprint density at radius 3 is 1.76 bits per heavy atom. The van der Waals surface area contributed by atoms with Gasteiger partial charge in [0.05, 0.1) is 0 Å². The monoisotopic (exact) mass is 287 g/mol. The van der Waals surface area contributed by atoms with Crippen LogP contribution in [0, 0.1) is 10.1 Å². The number of hydrogen-bond acceptors (Lipinski definition) is 5. The van der Waals surface area contributed by atoms with Crippen molar-refractivity contribution in [2.45, 2.75) is 33.2 Å². The standard InChI is InChI=1S/C9H21NO5Si.ClH/c1-4-13-16(14-5-2,15-6-3)9-7-8-10(11)12;/h4-9H2,1-3H3;1H. The molecule has 0 aromatic heterocycles. The minimum absolute atomic E-state index is 0. The first-order chi connectivity index (χ1) is 7.60. The number of halogens is 1. The van der Waals surface area contributed by atoms with E-state index in [4.69, 9.17) is 13.3 Å². The molecule has 6 nitrogen and oxygen atoms in total. The van der Waals surface area contributed by atoms with Crippen LogP contribution in [0.1, 0.15) is 27.2 Å². The van der Waals surface area contributed by atoms with E-state index in [1.807, 2.05) is 20.8 Å². The Hall–Kier alpha value is -0.213. The third-order valence-electron chi connectivity index (χ3n) is 1.92. The third kappa shape index (κ3) is 8.50. The lowest BCUT2D eigenvalue weighted by molar-refractivity contribution is -0.479. The summed E-state index contributed by atoms with van der Waals surface area (Å²) in [4.78, 5) is 9.93. The first kappa shape index (κ1) is 19.1. The summed E-state index contributed by atoms with van der Waals surface area (Å²) in [5.41, 5.74) is 0. The number of hydrogen-bond donors (Lipinski definition) is 0. The predicted molar refractivity (Wildman–Crippen MR) is 69.2 cm³/mol. The van der Waals surface area contributed by atoms with Gasteiger partial charge >= 0.3 is 8.80 Å². The maximum absolute atomic E-state index is 10.3. The van der Waals surface area contributed by atoms with Crippen molar-refractivity contribution in [1.82, 2.24) is 0 Å². The van der Waals surface area contributed by atoms with Crippen LogP contribution in [0.3, 0.4) is 0 Å². The van der Waals surface area contributed by atoms with Crippen LogP contribution < -0.4 is 0 Å². The topological polar surface area (TPSA) is 70.8 Å². The number of rotatable bonds is 10. The van der Waals surface area contributed by atoms with Crippen LogP contribution in [0.25, 0.3) is 0 Å². The van der Waals surface area contributed by atoms with Gasteiger partial charge in [-0.2, -0.15) is 0 Å². The molecule has 0 aromatic carbocycles. The molecule has 0 aliphatic heterocycles. The van der Waals surface area contributed by atoms with E-state index in [1.165, 1.54) is 0 Å². The molecule has 8 heteroatoms. The zero-order valence-corrected chi connectivity index (χ0v) is 12.5. The van der Waals surface area contributed by atoms with Crippen LogP contribution in [0.5, 0.6) is 0 Å². The summed E-state index contributed by atoms with van der Waals surface area (Å²) in [5, 5.41) is 10.3. The lowest BCUT2D eigenvalue weighted by atomic mass is 10.5. The molecule has 104 valence electrons. The molecule has 0 rings (SSSR count). The molecule has 0 fully saturated rings. The van der Waals surface area contributed by atoms with Crippen LogP contribution >= 0.6 is 12.4 Å². The van der Waals surface area contributed by atoms with Gasteiger partial charge in [0.2, 0.25) is 6.54 Å². The van der Waals surface area contributed by atoms with Gasteiger partial charge in [-0.15, -0.1) is 12.4 Å². The zero-order valence-electron chi connectivity index (χ0n) is 10.6. The maximum atomic E-state index is 10.3. The van der Waals surface area contributed by atoms with Crippen LogP contribution in [-0.2, 0) is 13.3 Å². The Balaban J connectivity index is 0. The van der Waals surface area contributed by atoms with E-state index in [1.54, 1.807) is 0 Å². The SMILES string of the molecule is CCO[Si](CCC[N+](=O)[O-])(OCC)OCC.Cl. The van der Waals surface area contributed by atoms with Crippen molar-refractivity contribution in [1.29, 1.82) is 0 Å². The van der Waals surface area contributed by atoms with Gasteiger partial charge in [0.25, 0.3) is 0 Å². The third-order valence-corrected chi connectivity index (χ3v) is 5.07. The summed E-state index contributed by atoms with van der Waals surface area (Å²) < 4.78 is 16.7. The zero-order chi connectivity index (χ0) is 12.4. The summed E-state index contributed by atoms with van der Waals surface area (Å²) in [6, 6.07) is 0.503. The molecule has 0 N–H and O–H groups in total. The summed E-state index contributed by atoms with van der Waals surface area (Å²) in [7, 11) is -2.67. The molecule has 0 saturated carbocycles. The molecule has 17 heavy (non-hydrogen) atoms. The van der Waals surface area contributed by atoms with Crippen molar-refractivity contribution in [3.63, 3.8) is 0 Å². The second-order valence-electron chi connectivity index (χ2n) is 3.14. The lowest BCUT2D eigenvalue weighted by Gasteiger charge is -2.27. The predicted octanol–water partition coefficient (Wildman–Crippen LogP) is 2.12. The average molecular weight is 288 g/mol. The fourth-order valence-corrected chi connectivity index (χ4v) is 4.02. The Morgan fingerprint density at radius 1 is 1.06 bits per heavy atom. The summed E-state index contributed by atoms with van der Waals surface area (Å²) in [6.07, 6.45) is 0.430. The van der Waals surface area contributed by atoms with E-state index in [0.717, 1.165) is 0 Å². The van der Waals surface area contributed by atoms with Crippen molar-refractivity contribution in [2.75, 3.05) is 26.4 Å². The smallest absolute Gasteiger partial charge is 0.374 e. The van der Waals surface area contributed by atoms with Gasteiger partial charge in [-0.25, -0.2) is 0 Å². The molecule has 0 bridgehead atoms. The molecule has 0 atom stereocenters. The molecule has 0 aliphatic carbocycles. The van der Waals surface area contributed by atoms with Crippen molar-refractivity contribution in [2.24, 2.45) is 0 Å². The van der Waals surface area contributed by atoms with Crippen LogP contribution in [-0.4, -0.2) is 40.1 Å². The molecular weight excluding hydrogens is 266 g/mol. The van der Waals surface area contributed by atoms with E-state index in [0.29, 0.717) is 32.3 Å². The Bertz CT molecular complexity index is 191. The van der Waals surface area contributed by atoms with Crippen molar-refractivity contribution >= 4 is 21.2 Å². The van der Waals surface area contributed by atoms with Crippen LogP contribution in [0.2, 0.25) is 6.04 Å². The molecular formula is C9H22ClNO5Si. The highest BCUT2D eigenvalue weighted by atomic mass is 35.5. The van der Waals surface area contributed by atoms with E-state index >= 15 is 0 Å². The first-order valence-corrected chi connectivity index (χ1v) is 7.57. The number of nitro groups is 1. The van der Waals surface area contributed by atoms with Crippen molar-refractivity contribution in [3.8, 4) is 0 Å². The Labute approximate surface area is 110 Å². The molecule has 0 unspecified atom stereocenters. The van der Waals surface area contributed by atoms with E-state index < -0.39 is 8.80 Å². The van der Waals surface area contributed by atoms with Gasteiger partial charge in [-0.1, -0.05) is 0 Å². The molecule has 0 heterocycles. The second kappa shape index (κ2) is 10.9. The number of nitrogens with zero attached hydrogens (tertiary/aromatic N) is 1. The largest absolute Gasteiger partial charge is 0.501 e. The Kier molecular flexibility index (Phi) is 12.3. The molecule has 0 aromatic rings. The minimum atomic E-state index is -2.67. The highest BCUT2D eigenvalue weighted by Crippen LogP contribution is 2.17. The fraction of sp³-hybridized carbons (Fsp3) is 1.00.